The number of nitrogens with zero attached hydrogens (tertiary/aromatic N) is 1. The zero-order valence-corrected chi connectivity index (χ0v) is 11.3. The summed E-state index contributed by atoms with van der Waals surface area (Å²) in [5.41, 5.74) is 3.26. The predicted molar refractivity (Wildman–Crippen MR) is 79.4 cm³/mol. The van der Waals surface area contributed by atoms with Gasteiger partial charge in [-0.25, -0.2) is 9.37 Å². The first kappa shape index (κ1) is 13.3. The summed E-state index contributed by atoms with van der Waals surface area (Å²) in [6.07, 6.45) is 2.43. The molecule has 1 heterocycles. The Morgan fingerprint density at radius 1 is 1.24 bits per heavy atom. The van der Waals surface area contributed by atoms with Gasteiger partial charge in [-0.15, -0.1) is 0 Å². The molecule has 0 atom stereocenters. The molecule has 0 bridgehead atoms. The number of aryl methyl sites for hydroxylation is 1. The number of rotatable bonds is 4. The van der Waals surface area contributed by atoms with Gasteiger partial charge < -0.3 is 10.3 Å². The van der Waals surface area contributed by atoms with Crippen LogP contribution in [0.15, 0.2) is 48.8 Å². The molecule has 5 heteroatoms. The lowest BCUT2D eigenvalue weighted by Crippen LogP contribution is -2.12. The molecule has 0 spiro atoms. The van der Waals surface area contributed by atoms with Gasteiger partial charge in [-0.2, -0.15) is 0 Å². The molecule has 3 aromatic rings. The maximum Gasteiger partial charge on any atom is 0.224 e. The summed E-state index contributed by atoms with van der Waals surface area (Å²) in [6.45, 7) is 0. The number of anilines is 1. The van der Waals surface area contributed by atoms with Crippen LogP contribution in [0.5, 0.6) is 0 Å². The second-order valence-corrected chi connectivity index (χ2v) is 4.81. The van der Waals surface area contributed by atoms with Gasteiger partial charge in [0.2, 0.25) is 5.91 Å². The van der Waals surface area contributed by atoms with E-state index in [1.54, 1.807) is 12.4 Å². The SMILES string of the molecule is O=C(CCc1cccc(F)c1)Nc1ccc2nc[nH]c2c1. The van der Waals surface area contributed by atoms with E-state index in [0.29, 0.717) is 12.8 Å². The monoisotopic (exact) mass is 283 g/mol. The van der Waals surface area contributed by atoms with Crippen molar-refractivity contribution in [3.8, 4) is 0 Å². The van der Waals surface area contributed by atoms with Gasteiger partial charge in [0.15, 0.2) is 0 Å². The summed E-state index contributed by atoms with van der Waals surface area (Å²) in [4.78, 5) is 19.0. The van der Waals surface area contributed by atoms with Crippen molar-refractivity contribution < 1.29 is 9.18 Å². The van der Waals surface area contributed by atoms with Crippen molar-refractivity contribution in [2.45, 2.75) is 12.8 Å². The Kier molecular flexibility index (Phi) is 3.64. The van der Waals surface area contributed by atoms with Crippen LogP contribution < -0.4 is 5.32 Å². The molecule has 0 unspecified atom stereocenters. The highest BCUT2D eigenvalue weighted by Crippen LogP contribution is 2.16. The van der Waals surface area contributed by atoms with E-state index in [4.69, 9.17) is 0 Å². The number of carbonyl (C=O) groups excluding carboxylic acids is 1. The smallest absolute Gasteiger partial charge is 0.224 e. The van der Waals surface area contributed by atoms with Gasteiger partial charge in [0.1, 0.15) is 5.82 Å². The van der Waals surface area contributed by atoms with Gasteiger partial charge in [-0.1, -0.05) is 12.1 Å². The summed E-state index contributed by atoms with van der Waals surface area (Å²) < 4.78 is 13.0. The molecule has 2 aromatic carbocycles. The molecule has 0 fully saturated rings. The molecule has 0 aliphatic heterocycles. The summed E-state index contributed by atoms with van der Waals surface area (Å²) in [5, 5.41) is 2.83. The molecule has 2 N–H and O–H groups in total. The topological polar surface area (TPSA) is 57.8 Å². The van der Waals surface area contributed by atoms with Gasteiger partial charge in [0, 0.05) is 12.1 Å². The molecule has 3 rings (SSSR count). The minimum absolute atomic E-state index is 0.0990. The van der Waals surface area contributed by atoms with E-state index in [1.807, 2.05) is 24.3 Å². The van der Waals surface area contributed by atoms with Crippen molar-refractivity contribution in [3.05, 3.63) is 60.2 Å². The average Bonchev–Trinajstić information content (AvgIpc) is 2.93. The third-order valence-electron chi connectivity index (χ3n) is 3.23. The fraction of sp³-hybridized carbons (Fsp3) is 0.125. The Balaban J connectivity index is 1.60. The van der Waals surface area contributed by atoms with E-state index in [9.17, 15) is 9.18 Å². The van der Waals surface area contributed by atoms with E-state index in [1.165, 1.54) is 12.1 Å². The zero-order chi connectivity index (χ0) is 14.7. The number of benzene rings is 2. The third-order valence-corrected chi connectivity index (χ3v) is 3.23. The number of hydrogen-bond donors (Lipinski definition) is 2. The van der Waals surface area contributed by atoms with Crippen LogP contribution in [0.25, 0.3) is 11.0 Å². The van der Waals surface area contributed by atoms with Crippen molar-refractivity contribution in [1.82, 2.24) is 9.97 Å². The highest BCUT2D eigenvalue weighted by Gasteiger charge is 2.05. The van der Waals surface area contributed by atoms with Crippen molar-refractivity contribution >= 4 is 22.6 Å². The number of hydrogen-bond acceptors (Lipinski definition) is 2. The number of aromatic amines is 1. The molecule has 0 saturated heterocycles. The summed E-state index contributed by atoms with van der Waals surface area (Å²) >= 11 is 0. The largest absolute Gasteiger partial charge is 0.345 e. The quantitative estimate of drug-likeness (QED) is 0.772. The molecule has 0 aliphatic rings. The first-order chi connectivity index (χ1) is 10.2. The van der Waals surface area contributed by atoms with Crippen LogP contribution in [0.3, 0.4) is 0 Å². The lowest BCUT2D eigenvalue weighted by molar-refractivity contribution is -0.116. The molecule has 4 nitrogen and oxygen atoms in total. The Bertz CT molecular complexity index is 782. The van der Waals surface area contributed by atoms with Crippen molar-refractivity contribution in [1.29, 1.82) is 0 Å². The van der Waals surface area contributed by atoms with Crippen LogP contribution in [0.2, 0.25) is 0 Å². The standard InChI is InChI=1S/C16H14FN3O/c17-12-3-1-2-11(8-12)4-7-16(21)20-13-5-6-14-15(9-13)19-10-18-14/h1-3,5-6,8-10H,4,7H2,(H,18,19)(H,20,21). The predicted octanol–water partition coefficient (Wildman–Crippen LogP) is 3.27. The van der Waals surface area contributed by atoms with Crippen LogP contribution in [-0.2, 0) is 11.2 Å². The second-order valence-electron chi connectivity index (χ2n) is 4.81. The Morgan fingerprint density at radius 3 is 3.00 bits per heavy atom. The molecule has 21 heavy (non-hydrogen) atoms. The first-order valence-corrected chi connectivity index (χ1v) is 6.68. The molecule has 106 valence electrons. The normalized spacial score (nSPS) is 10.7. The molecular formula is C16H14FN3O. The van der Waals surface area contributed by atoms with Crippen LogP contribution >= 0.6 is 0 Å². The average molecular weight is 283 g/mol. The molecule has 0 radical (unpaired) electrons. The van der Waals surface area contributed by atoms with E-state index in [0.717, 1.165) is 22.3 Å². The summed E-state index contributed by atoms with van der Waals surface area (Å²) in [7, 11) is 0. The van der Waals surface area contributed by atoms with Crippen LogP contribution in [-0.4, -0.2) is 15.9 Å². The van der Waals surface area contributed by atoms with Gasteiger partial charge in [0.25, 0.3) is 0 Å². The van der Waals surface area contributed by atoms with Gasteiger partial charge in [-0.05, 0) is 42.3 Å². The van der Waals surface area contributed by atoms with Gasteiger partial charge in [-0.3, -0.25) is 4.79 Å². The minimum Gasteiger partial charge on any atom is -0.345 e. The van der Waals surface area contributed by atoms with Crippen LogP contribution in [0.4, 0.5) is 10.1 Å². The summed E-state index contributed by atoms with van der Waals surface area (Å²) in [5.74, 6) is -0.379. The van der Waals surface area contributed by atoms with Gasteiger partial charge in [0.05, 0.1) is 17.4 Å². The van der Waals surface area contributed by atoms with Crippen molar-refractivity contribution in [2.75, 3.05) is 5.32 Å². The zero-order valence-electron chi connectivity index (χ0n) is 11.3. The van der Waals surface area contributed by atoms with Crippen LogP contribution in [0, 0.1) is 5.82 Å². The summed E-state index contributed by atoms with van der Waals surface area (Å²) in [6, 6.07) is 11.8. The number of fused-ring (bicyclic) bond motifs is 1. The van der Waals surface area contributed by atoms with E-state index < -0.39 is 0 Å². The maximum absolute atomic E-state index is 13.0. The Hall–Kier alpha value is -2.69. The number of amides is 1. The lowest BCUT2D eigenvalue weighted by Gasteiger charge is -2.05. The second kappa shape index (κ2) is 5.75. The van der Waals surface area contributed by atoms with Crippen molar-refractivity contribution in [3.63, 3.8) is 0 Å². The van der Waals surface area contributed by atoms with Gasteiger partial charge >= 0.3 is 0 Å². The van der Waals surface area contributed by atoms with E-state index in [2.05, 4.69) is 15.3 Å². The number of halogens is 1. The molecule has 0 aliphatic carbocycles. The number of aromatic nitrogens is 2. The van der Waals surface area contributed by atoms with E-state index in [-0.39, 0.29) is 11.7 Å². The number of nitrogens with one attached hydrogen (secondary N) is 2. The Morgan fingerprint density at radius 2 is 2.14 bits per heavy atom. The van der Waals surface area contributed by atoms with Crippen LogP contribution in [0.1, 0.15) is 12.0 Å². The Labute approximate surface area is 121 Å². The molecule has 1 aromatic heterocycles. The molecule has 0 saturated carbocycles. The number of carbonyl (C=O) groups is 1. The fourth-order valence-electron chi connectivity index (χ4n) is 2.19. The third kappa shape index (κ3) is 3.25. The van der Waals surface area contributed by atoms with E-state index >= 15 is 0 Å². The fourth-order valence-corrected chi connectivity index (χ4v) is 2.19. The lowest BCUT2D eigenvalue weighted by atomic mass is 10.1. The van der Waals surface area contributed by atoms with Crippen molar-refractivity contribution in [2.24, 2.45) is 0 Å². The highest BCUT2D eigenvalue weighted by molar-refractivity contribution is 5.93. The number of H-pyrrole nitrogens is 1. The highest BCUT2D eigenvalue weighted by atomic mass is 19.1. The number of imidazole rings is 1. The first-order valence-electron chi connectivity index (χ1n) is 6.68. The molecule has 1 amide bonds. The molecular weight excluding hydrogens is 269 g/mol. The minimum atomic E-state index is -0.280. The maximum atomic E-state index is 13.0.